The summed E-state index contributed by atoms with van der Waals surface area (Å²) in [6.45, 7) is 3.53. The third-order valence-corrected chi connectivity index (χ3v) is 2.80. The summed E-state index contributed by atoms with van der Waals surface area (Å²) in [7, 11) is 0. The number of carbonyl (C=O) groups excluding carboxylic acids is 1. The highest BCUT2D eigenvalue weighted by molar-refractivity contribution is 5.93. The van der Waals surface area contributed by atoms with Crippen LogP contribution < -0.4 is 5.32 Å². The standard InChI is InChI=1S/C14H14N2O4/c1-8-3-4-10(6-15-8)13(17)16-7-11-5-12(14(18)19)9(2)20-11/h3-6H,7H2,1-2H3,(H,16,17)(H,18,19). The fourth-order valence-electron chi connectivity index (χ4n) is 1.71. The zero-order chi connectivity index (χ0) is 14.7. The molecule has 104 valence electrons. The summed E-state index contributed by atoms with van der Waals surface area (Å²) < 4.78 is 5.27. The van der Waals surface area contributed by atoms with Crippen molar-refractivity contribution in [3.8, 4) is 0 Å². The van der Waals surface area contributed by atoms with Crippen molar-refractivity contribution < 1.29 is 19.1 Å². The van der Waals surface area contributed by atoms with Gasteiger partial charge in [0.15, 0.2) is 0 Å². The second-order valence-corrected chi connectivity index (χ2v) is 4.36. The van der Waals surface area contributed by atoms with Gasteiger partial charge in [0.05, 0.1) is 12.1 Å². The molecule has 0 radical (unpaired) electrons. The number of aromatic carboxylic acids is 1. The number of furan rings is 1. The molecule has 0 saturated carbocycles. The third-order valence-electron chi connectivity index (χ3n) is 2.80. The maximum absolute atomic E-state index is 11.8. The molecule has 2 rings (SSSR count). The number of aromatic nitrogens is 1. The first-order valence-corrected chi connectivity index (χ1v) is 6.01. The van der Waals surface area contributed by atoms with Crippen LogP contribution in [0.25, 0.3) is 0 Å². The van der Waals surface area contributed by atoms with Crippen molar-refractivity contribution in [2.45, 2.75) is 20.4 Å². The minimum atomic E-state index is -1.05. The first kappa shape index (κ1) is 13.8. The van der Waals surface area contributed by atoms with Crippen molar-refractivity contribution in [1.82, 2.24) is 10.3 Å². The van der Waals surface area contributed by atoms with Crippen LogP contribution in [-0.4, -0.2) is 22.0 Å². The Balaban J connectivity index is 2.01. The van der Waals surface area contributed by atoms with Gasteiger partial charge in [-0.15, -0.1) is 0 Å². The molecule has 2 aromatic rings. The highest BCUT2D eigenvalue weighted by Gasteiger charge is 2.14. The normalized spacial score (nSPS) is 10.3. The minimum Gasteiger partial charge on any atom is -0.478 e. The quantitative estimate of drug-likeness (QED) is 0.888. The fraction of sp³-hybridized carbons (Fsp3) is 0.214. The number of carboxylic acids is 1. The van der Waals surface area contributed by atoms with Crippen molar-refractivity contribution in [3.05, 3.63) is 52.7 Å². The molecular formula is C14H14N2O4. The van der Waals surface area contributed by atoms with Crippen LogP contribution in [0.4, 0.5) is 0 Å². The summed E-state index contributed by atoms with van der Waals surface area (Å²) in [5.74, 6) is -0.623. The highest BCUT2D eigenvalue weighted by atomic mass is 16.4. The van der Waals surface area contributed by atoms with E-state index in [4.69, 9.17) is 9.52 Å². The summed E-state index contributed by atoms with van der Waals surface area (Å²) in [6.07, 6.45) is 1.49. The average Bonchev–Trinajstić information content (AvgIpc) is 2.78. The van der Waals surface area contributed by atoms with Crippen LogP contribution in [0.2, 0.25) is 0 Å². The van der Waals surface area contributed by atoms with Gasteiger partial charge in [0, 0.05) is 11.9 Å². The molecule has 0 aromatic carbocycles. The topological polar surface area (TPSA) is 92.4 Å². The number of rotatable bonds is 4. The van der Waals surface area contributed by atoms with Gasteiger partial charge in [0.25, 0.3) is 5.91 Å². The van der Waals surface area contributed by atoms with Gasteiger partial charge in [0.2, 0.25) is 0 Å². The van der Waals surface area contributed by atoms with Gasteiger partial charge in [-0.25, -0.2) is 4.79 Å². The van der Waals surface area contributed by atoms with Gasteiger partial charge in [0.1, 0.15) is 17.1 Å². The molecule has 0 unspecified atom stereocenters. The zero-order valence-electron chi connectivity index (χ0n) is 11.1. The lowest BCUT2D eigenvalue weighted by molar-refractivity contribution is 0.0694. The molecule has 2 aromatic heterocycles. The maximum Gasteiger partial charge on any atom is 0.339 e. The number of aryl methyl sites for hydroxylation is 2. The SMILES string of the molecule is Cc1ccc(C(=O)NCc2cc(C(=O)O)c(C)o2)cn1. The van der Waals surface area contributed by atoms with Crippen molar-refractivity contribution in [1.29, 1.82) is 0 Å². The molecule has 20 heavy (non-hydrogen) atoms. The third kappa shape index (κ3) is 3.03. The molecular weight excluding hydrogens is 260 g/mol. The van der Waals surface area contributed by atoms with Gasteiger partial charge < -0.3 is 14.8 Å². The Labute approximate surface area is 115 Å². The lowest BCUT2D eigenvalue weighted by Gasteiger charge is -2.03. The van der Waals surface area contributed by atoms with Crippen molar-refractivity contribution in [2.75, 3.05) is 0 Å². The van der Waals surface area contributed by atoms with Crippen LogP contribution >= 0.6 is 0 Å². The second kappa shape index (κ2) is 5.56. The van der Waals surface area contributed by atoms with Gasteiger partial charge in [-0.3, -0.25) is 9.78 Å². The van der Waals surface area contributed by atoms with E-state index < -0.39 is 5.97 Å². The molecule has 0 fully saturated rings. The molecule has 0 bridgehead atoms. The molecule has 0 aliphatic carbocycles. The Morgan fingerprint density at radius 1 is 1.35 bits per heavy atom. The molecule has 6 heteroatoms. The van der Waals surface area contributed by atoms with E-state index in [2.05, 4.69) is 10.3 Å². The first-order valence-electron chi connectivity index (χ1n) is 6.01. The van der Waals surface area contributed by atoms with E-state index in [0.29, 0.717) is 17.1 Å². The zero-order valence-corrected chi connectivity index (χ0v) is 11.1. The summed E-state index contributed by atoms with van der Waals surface area (Å²) >= 11 is 0. The van der Waals surface area contributed by atoms with E-state index in [9.17, 15) is 9.59 Å². The Hall–Kier alpha value is -2.63. The van der Waals surface area contributed by atoms with E-state index >= 15 is 0 Å². The smallest absolute Gasteiger partial charge is 0.339 e. The summed E-state index contributed by atoms with van der Waals surface area (Å²) in [5.41, 5.74) is 1.37. The van der Waals surface area contributed by atoms with Crippen LogP contribution in [0.1, 0.15) is 37.9 Å². The average molecular weight is 274 g/mol. The van der Waals surface area contributed by atoms with Crippen LogP contribution in [0.5, 0.6) is 0 Å². The van der Waals surface area contributed by atoms with E-state index in [1.54, 1.807) is 19.1 Å². The van der Waals surface area contributed by atoms with Crippen LogP contribution in [0.3, 0.4) is 0 Å². The van der Waals surface area contributed by atoms with E-state index in [1.165, 1.54) is 12.3 Å². The fourth-order valence-corrected chi connectivity index (χ4v) is 1.71. The molecule has 0 spiro atoms. The number of carbonyl (C=O) groups is 2. The highest BCUT2D eigenvalue weighted by Crippen LogP contribution is 2.14. The van der Waals surface area contributed by atoms with Gasteiger partial charge in [-0.2, -0.15) is 0 Å². The number of hydrogen-bond acceptors (Lipinski definition) is 4. The van der Waals surface area contributed by atoms with Crippen molar-refractivity contribution in [3.63, 3.8) is 0 Å². The molecule has 6 nitrogen and oxygen atoms in total. The number of pyridine rings is 1. The molecule has 0 aliphatic heterocycles. The molecule has 0 atom stereocenters. The van der Waals surface area contributed by atoms with Crippen molar-refractivity contribution >= 4 is 11.9 Å². The molecule has 2 N–H and O–H groups in total. The predicted octanol–water partition coefficient (Wildman–Crippen LogP) is 1.92. The Morgan fingerprint density at radius 3 is 2.65 bits per heavy atom. The molecule has 2 heterocycles. The summed E-state index contributed by atoms with van der Waals surface area (Å²) in [6, 6.07) is 4.83. The van der Waals surface area contributed by atoms with Crippen LogP contribution in [0.15, 0.2) is 28.8 Å². The van der Waals surface area contributed by atoms with Gasteiger partial charge in [-0.1, -0.05) is 0 Å². The second-order valence-electron chi connectivity index (χ2n) is 4.36. The summed E-state index contributed by atoms with van der Waals surface area (Å²) in [5, 5.41) is 11.6. The Kier molecular flexibility index (Phi) is 3.84. The maximum atomic E-state index is 11.8. The lowest BCUT2D eigenvalue weighted by atomic mass is 10.2. The first-order chi connectivity index (χ1) is 9.47. The number of nitrogens with zero attached hydrogens (tertiary/aromatic N) is 1. The van der Waals surface area contributed by atoms with E-state index in [1.807, 2.05) is 6.92 Å². The number of carboxylic acid groups (broad SMARTS) is 1. The summed E-state index contributed by atoms with van der Waals surface area (Å²) in [4.78, 5) is 26.8. The van der Waals surface area contributed by atoms with Crippen LogP contribution in [0, 0.1) is 13.8 Å². The number of nitrogens with one attached hydrogen (secondary N) is 1. The Bertz CT molecular complexity index is 644. The largest absolute Gasteiger partial charge is 0.478 e. The van der Waals surface area contributed by atoms with E-state index in [-0.39, 0.29) is 18.0 Å². The monoisotopic (exact) mass is 274 g/mol. The lowest BCUT2D eigenvalue weighted by Crippen LogP contribution is -2.22. The minimum absolute atomic E-state index is 0.103. The predicted molar refractivity (Wildman–Crippen MR) is 70.5 cm³/mol. The molecule has 1 amide bonds. The Morgan fingerprint density at radius 2 is 2.10 bits per heavy atom. The van der Waals surface area contributed by atoms with Crippen molar-refractivity contribution in [2.24, 2.45) is 0 Å². The van der Waals surface area contributed by atoms with E-state index in [0.717, 1.165) is 5.69 Å². The van der Waals surface area contributed by atoms with Gasteiger partial charge in [-0.05, 0) is 32.0 Å². The number of amides is 1. The number of hydrogen-bond donors (Lipinski definition) is 2. The molecule has 0 aliphatic rings. The molecule has 0 saturated heterocycles. The van der Waals surface area contributed by atoms with Crippen LogP contribution in [-0.2, 0) is 6.54 Å². The van der Waals surface area contributed by atoms with Gasteiger partial charge >= 0.3 is 5.97 Å².